The second-order valence-corrected chi connectivity index (χ2v) is 9.42. The van der Waals surface area contributed by atoms with E-state index >= 15 is 0 Å². The first-order valence-electron chi connectivity index (χ1n) is 11.7. The SMILES string of the molecule is Nc1nc(CC2CCN(C(=O)Oc3ccccc3Cl)CC2)nc2c1ncn2[C@@H]1O[C@H](CO)C(O)C1O. The van der Waals surface area contributed by atoms with E-state index in [9.17, 15) is 20.1 Å². The molecule has 2 unspecified atom stereocenters. The highest BCUT2D eigenvalue weighted by Crippen LogP contribution is 2.32. The van der Waals surface area contributed by atoms with Gasteiger partial charge in [0.15, 0.2) is 23.4 Å². The van der Waals surface area contributed by atoms with Crippen molar-refractivity contribution in [2.45, 2.75) is 43.8 Å². The van der Waals surface area contributed by atoms with E-state index < -0.39 is 37.2 Å². The van der Waals surface area contributed by atoms with Crippen LogP contribution in [0.5, 0.6) is 5.75 Å². The van der Waals surface area contributed by atoms with Gasteiger partial charge in [0.2, 0.25) is 0 Å². The number of fused-ring (bicyclic) bond motifs is 1. The number of nitrogens with two attached hydrogens (primary N) is 1. The quantitative estimate of drug-likeness (QED) is 0.384. The molecule has 0 aliphatic carbocycles. The Morgan fingerprint density at radius 2 is 1.94 bits per heavy atom. The Bertz CT molecular complexity index is 1250. The molecular formula is C23H27ClN6O6. The number of aliphatic hydroxyl groups is 3. The average Bonchev–Trinajstić information content (AvgIpc) is 3.42. The first-order chi connectivity index (χ1) is 17.4. The molecule has 13 heteroatoms. The Morgan fingerprint density at radius 1 is 1.19 bits per heavy atom. The summed E-state index contributed by atoms with van der Waals surface area (Å²) in [7, 11) is 0. The normalized spacial score (nSPS) is 24.9. The van der Waals surface area contributed by atoms with Crippen molar-refractivity contribution in [2.24, 2.45) is 5.92 Å². The molecule has 2 aliphatic rings. The van der Waals surface area contributed by atoms with E-state index in [0.717, 1.165) is 12.8 Å². The molecule has 192 valence electrons. The van der Waals surface area contributed by atoms with Crippen LogP contribution >= 0.6 is 11.6 Å². The van der Waals surface area contributed by atoms with E-state index in [0.29, 0.717) is 47.3 Å². The molecule has 0 saturated carbocycles. The minimum absolute atomic E-state index is 0.196. The van der Waals surface area contributed by atoms with Crippen molar-refractivity contribution in [1.82, 2.24) is 24.4 Å². The standard InChI is InChI=1S/C23H27ClN6O6/c24-13-3-1-2-4-14(13)36-23(34)29-7-5-12(6-8-29)9-16-27-20(25)17-21(28-16)30(11-26-17)22-19(33)18(32)15(10-31)35-22/h1-4,11-12,15,18-19,22,31-33H,5-10H2,(H2,25,27,28)/t15-,18?,19?,22-/m1/s1. The Balaban J connectivity index is 1.25. The van der Waals surface area contributed by atoms with Crippen LogP contribution in [0.2, 0.25) is 5.02 Å². The van der Waals surface area contributed by atoms with Crippen LogP contribution in [0.15, 0.2) is 30.6 Å². The molecule has 0 spiro atoms. The molecule has 2 saturated heterocycles. The lowest BCUT2D eigenvalue weighted by atomic mass is 9.93. The van der Waals surface area contributed by atoms with Gasteiger partial charge in [0.05, 0.1) is 18.0 Å². The van der Waals surface area contributed by atoms with E-state index in [-0.39, 0.29) is 11.7 Å². The Morgan fingerprint density at radius 3 is 2.64 bits per heavy atom. The van der Waals surface area contributed by atoms with Gasteiger partial charge in [0.1, 0.15) is 29.7 Å². The summed E-state index contributed by atoms with van der Waals surface area (Å²) in [6.07, 6.45) is -1.43. The minimum Gasteiger partial charge on any atom is -0.409 e. The van der Waals surface area contributed by atoms with Gasteiger partial charge in [-0.15, -0.1) is 0 Å². The van der Waals surface area contributed by atoms with Crippen molar-refractivity contribution in [3.63, 3.8) is 0 Å². The van der Waals surface area contributed by atoms with Crippen molar-refractivity contribution in [3.8, 4) is 5.75 Å². The Kier molecular flexibility index (Phi) is 6.95. The number of para-hydroxylation sites is 1. The molecule has 2 aliphatic heterocycles. The van der Waals surface area contributed by atoms with Gasteiger partial charge in [-0.2, -0.15) is 0 Å². The van der Waals surface area contributed by atoms with Crippen LogP contribution in [-0.2, 0) is 11.2 Å². The fraction of sp³-hybridized carbons (Fsp3) is 0.478. The number of piperidine rings is 1. The molecule has 12 nitrogen and oxygen atoms in total. The summed E-state index contributed by atoms with van der Waals surface area (Å²) in [6, 6.07) is 6.83. The molecular weight excluding hydrogens is 492 g/mol. The lowest BCUT2D eigenvalue weighted by Gasteiger charge is -2.31. The lowest BCUT2D eigenvalue weighted by molar-refractivity contribution is -0.0511. The molecule has 0 bridgehead atoms. The smallest absolute Gasteiger partial charge is 0.409 e. The topological polar surface area (TPSA) is 169 Å². The molecule has 5 rings (SSSR count). The van der Waals surface area contributed by atoms with Gasteiger partial charge in [0.25, 0.3) is 0 Å². The zero-order chi connectivity index (χ0) is 25.4. The molecule has 1 amide bonds. The van der Waals surface area contributed by atoms with Gasteiger partial charge in [-0.1, -0.05) is 23.7 Å². The molecule has 4 atom stereocenters. The zero-order valence-corrected chi connectivity index (χ0v) is 20.0. The second-order valence-electron chi connectivity index (χ2n) is 9.01. The van der Waals surface area contributed by atoms with Crippen molar-refractivity contribution in [1.29, 1.82) is 0 Å². The maximum Gasteiger partial charge on any atom is 0.415 e. The number of ether oxygens (including phenoxy) is 2. The van der Waals surface area contributed by atoms with Gasteiger partial charge in [-0.05, 0) is 30.9 Å². The van der Waals surface area contributed by atoms with Crippen molar-refractivity contribution < 1.29 is 29.6 Å². The molecule has 4 heterocycles. The van der Waals surface area contributed by atoms with E-state index in [1.54, 1.807) is 29.2 Å². The highest BCUT2D eigenvalue weighted by molar-refractivity contribution is 6.32. The van der Waals surface area contributed by atoms with Crippen molar-refractivity contribution in [3.05, 3.63) is 41.4 Å². The second kappa shape index (κ2) is 10.1. The van der Waals surface area contributed by atoms with Crippen LogP contribution < -0.4 is 10.5 Å². The fourth-order valence-corrected chi connectivity index (χ4v) is 4.81. The molecule has 2 aromatic heterocycles. The van der Waals surface area contributed by atoms with E-state index in [1.165, 1.54) is 10.9 Å². The molecule has 1 aromatic carbocycles. The average molecular weight is 519 g/mol. The number of hydrogen-bond donors (Lipinski definition) is 4. The summed E-state index contributed by atoms with van der Waals surface area (Å²) in [6.45, 7) is 0.604. The Labute approximate surface area is 211 Å². The maximum atomic E-state index is 12.5. The van der Waals surface area contributed by atoms with Crippen LogP contribution in [0.25, 0.3) is 11.2 Å². The largest absolute Gasteiger partial charge is 0.415 e. The highest BCUT2D eigenvalue weighted by atomic mass is 35.5. The maximum absolute atomic E-state index is 12.5. The number of amides is 1. The first-order valence-corrected chi connectivity index (χ1v) is 12.1. The van der Waals surface area contributed by atoms with Gasteiger partial charge >= 0.3 is 6.09 Å². The number of carbonyl (C=O) groups excluding carboxylic acids is 1. The third kappa shape index (κ3) is 4.70. The van der Waals surface area contributed by atoms with Crippen LogP contribution in [0.4, 0.5) is 10.6 Å². The molecule has 3 aromatic rings. The molecule has 0 radical (unpaired) electrons. The number of nitrogen functional groups attached to an aromatic ring is 1. The number of aromatic nitrogens is 4. The number of nitrogens with zero attached hydrogens (tertiary/aromatic N) is 5. The highest BCUT2D eigenvalue weighted by Gasteiger charge is 2.44. The molecule has 36 heavy (non-hydrogen) atoms. The van der Waals surface area contributed by atoms with E-state index in [2.05, 4.69) is 15.0 Å². The number of aliphatic hydroxyl groups excluding tert-OH is 3. The van der Waals surface area contributed by atoms with Crippen molar-refractivity contribution >= 4 is 34.7 Å². The van der Waals surface area contributed by atoms with Crippen LogP contribution in [0.3, 0.4) is 0 Å². The van der Waals surface area contributed by atoms with Gasteiger partial charge in [0, 0.05) is 19.5 Å². The van der Waals surface area contributed by atoms with Crippen LogP contribution in [-0.4, -0.2) is 83.8 Å². The summed E-state index contributed by atoms with van der Waals surface area (Å²) in [5.41, 5.74) is 6.86. The third-order valence-electron chi connectivity index (χ3n) is 6.66. The monoisotopic (exact) mass is 518 g/mol. The summed E-state index contributed by atoms with van der Waals surface area (Å²) >= 11 is 6.08. The number of anilines is 1. The summed E-state index contributed by atoms with van der Waals surface area (Å²) < 4.78 is 12.5. The third-order valence-corrected chi connectivity index (χ3v) is 6.98. The fourth-order valence-electron chi connectivity index (χ4n) is 4.64. The van der Waals surface area contributed by atoms with Crippen LogP contribution in [0.1, 0.15) is 24.9 Å². The predicted octanol–water partition coefficient (Wildman–Crippen LogP) is 1.13. The zero-order valence-electron chi connectivity index (χ0n) is 19.3. The Hall–Kier alpha value is -3.03. The van der Waals surface area contributed by atoms with E-state index in [4.69, 9.17) is 26.8 Å². The van der Waals surface area contributed by atoms with Gasteiger partial charge in [-0.25, -0.2) is 19.7 Å². The number of carbonyl (C=O) groups is 1. The number of hydrogen-bond acceptors (Lipinski definition) is 10. The number of likely N-dealkylation sites (tertiary alicyclic amines) is 1. The predicted molar refractivity (Wildman–Crippen MR) is 128 cm³/mol. The van der Waals surface area contributed by atoms with Crippen LogP contribution in [0, 0.1) is 5.92 Å². The number of rotatable bonds is 5. The lowest BCUT2D eigenvalue weighted by Crippen LogP contribution is -2.40. The summed E-state index contributed by atoms with van der Waals surface area (Å²) in [4.78, 5) is 27.4. The molecule has 2 fully saturated rings. The number of benzene rings is 1. The van der Waals surface area contributed by atoms with Gasteiger partial charge < -0.3 is 35.4 Å². The van der Waals surface area contributed by atoms with Crippen molar-refractivity contribution in [2.75, 3.05) is 25.4 Å². The van der Waals surface area contributed by atoms with E-state index in [1.807, 2.05) is 0 Å². The van der Waals surface area contributed by atoms with Gasteiger partial charge in [-0.3, -0.25) is 4.57 Å². The molecule has 5 N–H and O–H groups in total. The summed E-state index contributed by atoms with van der Waals surface area (Å²) in [5, 5.41) is 30.3. The summed E-state index contributed by atoms with van der Waals surface area (Å²) in [5.74, 6) is 1.25. The number of imidazole rings is 1. The first kappa shape index (κ1) is 24.7. The number of halogens is 1. The minimum atomic E-state index is -1.27.